The van der Waals surface area contributed by atoms with Crippen molar-refractivity contribution in [1.29, 1.82) is 0 Å². The van der Waals surface area contributed by atoms with Gasteiger partial charge in [0.15, 0.2) is 0 Å². The van der Waals surface area contributed by atoms with Crippen molar-refractivity contribution in [3.63, 3.8) is 0 Å². The third kappa shape index (κ3) is 4.14. The molecule has 1 rings (SSSR count). The topological polar surface area (TPSA) is 29.0 Å². The molecule has 0 aliphatic carbocycles. The zero-order chi connectivity index (χ0) is 13.1. The Bertz CT molecular complexity index is 344. The maximum absolute atomic E-state index is 4.64. The molecule has 5 heteroatoms. The number of nitrogens with zero attached hydrogens (tertiary/aromatic N) is 3. The molecule has 1 aromatic heterocycles. The van der Waals surface area contributed by atoms with Crippen molar-refractivity contribution >= 4 is 28.4 Å². The van der Waals surface area contributed by atoms with Crippen LogP contribution in [-0.2, 0) is 5.41 Å². The van der Waals surface area contributed by atoms with E-state index in [-0.39, 0.29) is 5.41 Å². The van der Waals surface area contributed by atoms with Gasteiger partial charge in [0.1, 0.15) is 5.82 Å². The molecule has 0 spiro atoms. The summed E-state index contributed by atoms with van der Waals surface area (Å²) in [5.41, 5.74) is 0.0398. The molecule has 0 saturated heterocycles. The van der Waals surface area contributed by atoms with Gasteiger partial charge in [-0.05, 0) is 25.4 Å². The highest BCUT2D eigenvalue weighted by Gasteiger charge is 2.21. The number of hydrogen-bond acceptors (Lipinski definition) is 5. The van der Waals surface area contributed by atoms with E-state index in [1.807, 2.05) is 11.8 Å². The molecular formula is C12H23N3S2. The number of hydrogen-bond donors (Lipinski definition) is 0. The van der Waals surface area contributed by atoms with Crippen LogP contribution in [0.2, 0.25) is 0 Å². The van der Waals surface area contributed by atoms with Crippen molar-refractivity contribution in [1.82, 2.24) is 9.36 Å². The SMILES string of the molecule is CSCCC(C)N(C)c1nc(C(C)(C)C)ns1. The second kappa shape index (κ2) is 6.05. The number of anilines is 1. The van der Waals surface area contributed by atoms with E-state index in [1.165, 1.54) is 23.7 Å². The second-order valence-corrected chi connectivity index (χ2v) is 7.11. The summed E-state index contributed by atoms with van der Waals surface area (Å²) in [5, 5.41) is 1.03. The molecule has 0 amide bonds. The summed E-state index contributed by atoms with van der Waals surface area (Å²) in [6, 6.07) is 0.517. The molecule has 0 saturated carbocycles. The van der Waals surface area contributed by atoms with Gasteiger partial charge in [-0.25, -0.2) is 4.98 Å². The molecule has 0 N–H and O–H groups in total. The van der Waals surface area contributed by atoms with Gasteiger partial charge in [0, 0.05) is 30.0 Å². The number of thioether (sulfide) groups is 1. The van der Waals surface area contributed by atoms with Gasteiger partial charge in [0.05, 0.1) is 0 Å². The number of aromatic nitrogens is 2. The molecule has 1 aromatic rings. The van der Waals surface area contributed by atoms with Crippen LogP contribution >= 0.6 is 23.3 Å². The maximum atomic E-state index is 4.64. The molecule has 0 aliphatic heterocycles. The van der Waals surface area contributed by atoms with Crippen LogP contribution in [0.5, 0.6) is 0 Å². The largest absolute Gasteiger partial charge is 0.347 e. The minimum Gasteiger partial charge on any atom is -0.347 e. The van der Waals surface area contributed by atoms with Crippen LogP contribution in [0.15, 0.2) is 0 Å². The Morgan fingerprint density at radius 3 is 2.53 bits per heavy atom. The first-order chi connectivity index (χ1) is 7.86. The van der Waals surface area contributed by atoms with Gasteiger partial charge >= 0.3 is 0 Å². The highest BCUT2D eigenvalue weighted by molar-refractivity contribution is 7.98. The molecule has 0 aliphatic rings. The maximum Gasteiger partial charge on any atom is 0.205 e. The summed E-state index contributed by atoms with van der Waals surface area (Å²) in [7, 11) is 2.11. The Labute approximate surface area is 113 Å². The molecular weight excluding hydrogens is 250 g/mol. The molecule has 0 aromatic carbocycles. The first-order valence-electron chi connectivity index (χ1n) is 5.92. The van der Waals surface area contributed by atoms with Gasteiger partial charge in [0.2, 0.25) is 5.13 Å². The van der Waals surface area contributed by atoms with Crippen LogP contribution in [0.4, 0.5) is 5.13 Å². The van der Waals surface area contributed by atoms with E-state index in [0.717, 1.165) is 11.0 Å². The summed E-state index contributed by atoms with van der Waals surface area (Å²) in [4.78, 5) is 6.88. The fraction of sp³-hybridized carbons (Fsp3) is 0.833. The summed E-state index contributed by atoms with van der Waals surface area (Å²) in [6.07, 6.45) is 3.33. The average Bonchev–Trinajstić information content (AvgIpc) is 2.73. The van der Waals surface area contributed by atoms with E-state index in [1.54, 1.807) is 0 Å². The smallest absolute Gasteiger partial charge is 0.205 e. The standard InChI is InChI=1S/C12H23N3S2/c1-9(7-8-16-6)15(5)11-13-10(14-17-11)12(2,3)4/h9H,7-8H2,1-6H3. The number of rotatable bonds is 5. The van der Waals surface area contributed by atoms with E-state index in [9.17, 15) is 0 Å². The lowest BCUT2D eigenvalue weighted by molar-refractivity contribution is 0.553. The highest BCUT2D eigenvalue weighted by Crippen LogP contribution is 2.26. The fourth-order valence-corrected chi connectivity index (χ4v) is 2.83. The highest BCUT2D eigenvalue weighted by atomic mass is 32.2. The van der Waals surface area contributed by atoms with E-state index in [2.05, 4.69) is 55.3 Å². The van der Waals surface area contributed by atoms with E-state index in [0.29, 0.717) is 6.04 Å². The first kappa shape index (κ1) is 14.8. The lowest BCUT2D eigenvalue weighted by Gasteiger charge is -2.23. The van der Waals surface area contributed by atoms with Crippen molar-refractivity contribution in [3.05, 3.63) is 5.82 Å². The van der Waals surface area contributed by atoms with Gasteiger partial charge in [-0.1, -0.05) is 20.8 Å². The lowest BCUT2D eigenvalue weighted by atomic mass is 9.96. The van der Waals surface area contributed by atoms with E-state index in [4.69, 9.17) is 0 Å². The monoisotopic (exact) mass is 273 g/mol. The van der Waals surface area contributed by atoms with Crippen LogP contribution in [0.3, 0.4) is 0 Å². The van der Waals surface area contributed by atoms with Crippen molar-refractivity contribution in [2.75, 3.05) is 24.0 Å². The minimum absolute atomic E-state index is 0.0398. The van der Waals surface area contributed by atoms with Crippen molar-refractivity contribution in [3.8, 4) is 0 Å². The minimum atomic E-state index is 0.0398. The summed E-state index contributed by atoms with van der Waals surface area (Å²) in [5.74, 6) is 2.14. The quantitative estimate of drug-likeness (QED) is 0.822. The molecule has 1 atom stereocenters. The van der Waals surface area contributed by atoms with Crippen molar-refractivity contribution < 1.29 is 0 Å². The average molecular weight is 273 g/mol. The van der Waals surface area contributed by atoms with E-state index >= 15 is 0 Å². The second-order valence-electron chi connectivity index (χ2n) is 5.39. The molecule has 0 bridgehead atoms. The van der Waals surface area contributed by atoms with Crippen LogP contribution in [0, 0.1) is 0 Å². The third-order valence-electron chi connectivity index (χ3n) is 2.79. The zero-order valence-corrected chi connectivity index (χ0v) is 13.3. The van der Waals surface area contributed by atoms with Gasteiger partial charge in [-0.2, -0.15) is 16.1 Å². The van der Waals surface area contributed by atoms with Gasteiger partial charge < -0.3 is 4.90 Å². The van der Waals surface area contributed by atoms with Crippen molar-refractivity contribution in [2.45, 2.75) is 45.6 Å². The molecule has 0 radical (unpaired) electrons. The van der Waals surface area contributed by atoms with Gasteiger partial charge in [-0.15, -0.1) is 0 Å². The van der Waals surface area contributed by atoms with Crippen LogP contribution in [0.25, 0.3) is 0 Å². The van der Waals surface area contributed by atoms with Crippen LogP contribution in [-0.4, -0.2) is 34.5 Å². The van der Waals surface area contributed by atoms with Crippen LogP contribution in [0.1, 0.15) is 39.9 Å². The van der Waals surface area contributed by atoms with Gasteiger partial charge in [-0.3, -0.25) is 0 Å². The Hall–Kier alpha value is -0.290. The molecule has 3 nitrogen and oxygen atoms in total. The Morgan fingerprint density at radius 2 is 2.06 bits per heavy atom. The lowest BCUT2D eigenvalue weighted by Crippen LogP contribution is -2.29. The molecule has 1 heterocycles. The van der Waals surface area contributed by atoms with Gasteiger partial charge in [0.25, 0.3) is 0 Å². The summed E-state index contributed by atoms with van der Waals surface area (Å²) >= 11 is 3.40. The summed E-state index contributed by atoms with van der Waals surface area (Å²) < 4.78 is 4.45. The molecule has 1 unspecified atom stereocenters. The predicted octanol–water partition coefficient (Wildman–Crippen LogP) is 3.41. The summed E-state index contributed by atoms with van der Waals surface area (Å²) in [6.45, 7) is 8.69. The zero-order valence-electron chi connectivity index (χ0n) is 11.6. The fourth-order valence-electron chi connectivity index (χ4n) is 1.33. The van der Waals surface area contributed by atoms with E-state index < -0.39 is 0 Å². The van der Waals surface area contributed by atoms with Crippen LogP contribution < -0.4 is 4.90 Å². The normalized spacial score (nSPS) is 13.8. The first-order valence-corrected chi connectivity index (χ1v) is 8.09. The van der Waals surface area contributed by atoms with Crippen molar-refractivity contribution in [2.24, 2.45) is 0 Å². The molecule has 98 valence electrons. The predicted molar refractivity (Wildman–Crippen MR) is 79.5 cm³/mol. The third-order valence-corrected chi connectivity index (χ3v) is 4.24. The molecule has 0 fully saturated rings. The molecule has 17 heavy (non-hydrogen) atoms. The Morgan fingerprint density at radius 1 is 1.41 bits per heavy atom. The Balaban J connectivity index is 2.69. The Kier molecular flexibility index (Phi) is 5.25.